The molecule has 0 unspecified atom stereocenters. The molecule has 6 heteroatoms. The molecule has 2 rings (SSSR count). The summed E-state index contributed by atoms with van der Waals surface area (Å²) >= 11 is 6.13. The van der Waals surface area contributed by atoms with Crippen molar-refractivity contribution in [3.8, 4) is 0 Å². The third-order valence-electron chi connectivity index (χ3n) is 3.04. The highest BCUT2D eigenvalue weighted by Gasteiger charge is 2.12. The molecule has 0 atom stereocenters. The van der Waals surface area contributed by atoms with Gasteiger partial charge in [-0.05, 0) is 37.6 Å². The van der Waals surface area contributed by atoms with Crippen LogP contribution in [0.2, 0.25) is 0 Å². The maximum atomic E-state index is 13.4. The van der Waals surface area contributed by atoms with Crippen LogP contribution in [0.4, 0.5) is 4.39 Å². The molecule has 3 nitrogen and oxygen atoms in total. The lowest BCUT2D eigenvalue weighted by Gasteiger charge is -2.10. The van der Waals surface area contributed by atoms with Crippen molar-refractivity contribution < 1.29 is 4.39 Å². The molecule has 0 bridgehead atoms. The van der Waals surface area contributed by atoms with Crippen LogP contribution >= 0.6 is 23.6 Å². The van der Waals surface area contributed by atoms with E-state index in [9.17, 15) is 9.18 Å². The van der Waals surface area contributed by atoms with E-state index in [1.165, 1.54) is 23.5 Å². The highest BCUT2D eigenvalue weighted by atomic mass is 32.1. The number of aromatic nitrogens is 1. The molecule has 0 aliphatic carbocycles. The van der Waals surface area contributed by atoms with Gasteiger partial charge in [0, 0.05) is 16.1 Å². The third kappa shape index (κ3) is 2.74. The fourth-order valence-electron chi connectivity index (χ4n) is 1.87. The molecule has 0 aliphatic heterocycles. The van der Waals surface area contributed by atoms with Crippen molar-refractivity contribution in [3.63, 3.8) is 0 Å². The Labute approximate surface area is 119 Å². The maximum absolute atomic E-state index is 13.4. The van der Waals surface area contributed by atoms with E-state index in [1.54, 1.807) is 10.6 Å². The first kappa shape index (κ1) is 13.9. The molecule has 1 aromatic carbocycles. The van der Waals surface area contributed by atoms with Gasteiger partial charge in [0.1, 0.15) is 10.8 Å². The van der Waals surface area contributed by atoms with Gasteiger partial charge in [-0.1, -0.05) is 23.6 Å². The van der Waals surface area contributed by atoms with E-state index in [1.807, 2.05) is 13.8 Å². The summed E-state index contributed by atoms with van der Waals surface area (Å²) < 4.78 is 15.0. The van der Waals surface area contributed by atoms with E-state index in [2.05, 4.69) is 0 Å². The molecule has 0 saturated heterocycles. The van der Waals surface area contributed by atoms with Crippen LogP contribution in [-0.4, -0.2) is 9.56 Å². The number of rotatable bonds is 3. The zero-order valence-electron chi connectivity index (χ0n) is 10.6. The number of nitrogens with two attached hydrogens (primary N) is 1. The van der Waals surface area contributed by atoms with Crippen LogP contribution in [0.5, 0.6) is 0 Å². The van der Waals surface area contributed by atoms with E-state index >= 15 is 0 Å². The van der Waals surface area contributed by atoms with Gasteiger partial charge in [0.15, 0.2) is 0 Å². The number of aryl methyl sites for hydroxylation is 1. The summed E-state index contributed by atoms with van der Waals surface area (Å²) in [6, 6.07) is 4.23. The predicted octanol–water partition coefficient (Wildman–Crippen LogP) is 2.35. The number of thiocarbonyl (C=S) groups is 1. The van der Waals surface area contributed by atoms with Crippen molar-refractivity contribution in [1.29, 1.82) is 0 Å². The molecular formula is C13H13FN2OS2. The molecule has 0 spiro atoms. The van der Waals surface area contributed by atoms with Gasteiger partial charge in [-0.2, -0.15) is 0 Å². The molecule has 1 heterocycles. The van der Waals surface area contributed by atoms with Crippen LogP contribution in [0.3, 0.4) is 0 Å². The Bertz CT molecular complexity index is 703. The Hall–Kier alpha value is -1.53. The van der Waals surface area contributed by atoms with Gasteiger partial charge >= 0.3 is 4.87 Å². The van der Waals surface area contributed by atoms with Gasteiger partial charge in [-0.15, -0.1) is 0 Å². The second-order valence-electron chi connectivity index (χ2n) is 4.26. The zero-order chi connectivity index (χ0) is 14.2. The van der Waals surface area contributed by atoms with E-state index < -0.39 is 0 Å². The van der Waals surface area contributed by atoms with E-state index in [-0.39, 0.29) is 22.2 Å². The highest BCUT2D eigenvalue weighted by Crippen LogP contribution is 2.16. The molecule has 2 N–H and O–H groups in total. The zero-order valence-corrected chi connectivity index (χ0v) is 12.2. The molecular weight excluding hydrogens is 283 g/mol. The van der Waals surface area contributed by atoms with Gasteiger partial charge < -0.3 is 5.73 Å². The molecule has 0 fully saturated rings. The first-order valence-electron chi connectivity index (χ1n) is 5.65. The average molecular weight is 296 g/mol. The first-order chi connectivity index (χ1) is 8.90. The normalized spacial score (nSPS) is 10.7. The Morgan fingerprint density at radius 2 is 2.16 bits per heavy atom. The standard InChI is InChI=1S/C13H13FN2OS2/c1-7-8(2)19-13(17)16(7)6-9-5-10(14)3-4-11(9)12(15)18/h3-5H,6H2,1-2H3,(H2,15,18). The van der Waals surface area contributed by atoms with Crippen molar-refractivity contribution in [2.24, 2.45) is 5.73 Å². The van der Waals surface area contributed by atoms with Crippen LogP contribution < -0.4 is 10.6 Å². The quantitative estimate of drug-likeness (QED) is 0.885. The van der Waals surface area contributed by atoms with Crippen molar-refractivity contribution in [2.45, 2.75) is 20.4 Å². The Morgan fingerprint density at radius 3 is 2.68 bits per heavy atom. The Balaban J connectivity index is 2.51. The average Bonchev–Trinajstić information content (AvgIpc) is 2.56. The Kier molecular flexibility index (Phi) is 3.82. The van der Waals surface area contributed by atoms with E-state index in [4.69, 9.17) is 18.0 Å². The van der Waals surface area contributed by atoms with Crippen molar-refractivity contribution in [3.05, 3.63) is 55.4 Å². The van der Waals surface area contributed by atoms with Gasteiger partial charge in [-0.3, -0.25) is 9.36 Å². The lowest BCUT2D eigenvalue weighted by atomic mass is 10.1. The van der Waals surface area contributed by atoms with E-state index in [0.717, 1.165) is 10.6 Å². The van der Waals surface area contributed by atoms with Crippen molar-refractivity contribution in [2.75, 3.05) is 0 Å². The third-order valence-corrected chi connectivity index (χ3v) is 4.25. The first-order valence-corrected chi connectivity index (χ1v) is 6.87. The largest absolute Gasteiger partial charge is 0.389 e. The smallest absolute Gasteiger partial charge is 0.307 e. The highest BCUT2D eigenvalue weighted by molar-refractivity contribution is 7.80. The fourth-order valence-corrected chi connectivity index (χ4v) is 2.90. The number of halogens is 1. The fraction of sp³-hybridized carbons (Fsp3) is 0.231. The second kappa shape index (κ2) is 5.22. The minimum absolute atomic E-state index is 0.0619. The number of hydrogen-bond donors (Lipinski definition) is 1. The molecule has 19 heavy (non-hydrogen) atoms. The molecule has 0 saturated carbocycles. The van der Waals surface area contributed by atoms with Crippen LogP contribution in [0.1, 0.15) is 21.7 Å². The van der Waals surface area contributed by atoms with Gasteiger partial charge in [0.05, 0.1) is 6.54 Å². The van der Waals surface area contributed by atoms with Crippen LogP contribution in [-0.2, 0) is 6.54 Å². The van der Waals surface area contributed by atoms with Crippen LogP contribution in [0.15, 0.2) is 23.0 Å². The topological polar surface area (TPSA) is 48.0 Å². The van der Waals surface area contributed by atoms with Gasteiger partial charge in [0.25, 0.3) is 0 Å². The summed E-state index contributed by atoms with van der Waals surface area (Å²) in [4.78, 5) is 13.0. The van der Waals surface area contributed by atoms with E-state index in [0.29, 0.717) is 11.1 Å². The molecule has 0 amide bonds. The summed E-state index contributed by atoms with van der Waals surface area (Å²) in [5.74, 6) is -0.368. The molecule has 0 radical (unpaired) electrons. The lowest BCUT2D eigenvalue weighted by Crippen LogP contribution is -2.19. The molecule has 1 aromatic heterocycles. The predicted molar refractivity (Wildman–Crippen MR) is 79.4 cm³/mol. The lowest BCUT2D eigenvalue weighted by molar-refractivity contribution is 0.622. The maximum Gasteiger partial charge on any atom is 0.307 e. The van der Waals surface area contributed by atoms with Crippen molar-refractivity contribution >= 4 is 28.5 Å². The molecule has 2 aromatic rings. The Morgan fingerprint density at radius 1 is 1.47 bits per heavy atom. The molecule has 0 aliphatic rings. The minimum Gasteiger partial charge on any atom is -0.389 e. The summed E-state index contributed by atoms with van der Waals surface area (Å²) in [6.45, 7) is 4.03. The number of benzene rings is 1. The SMILES string of the molecule is Cc1sc(=O)n(Cc2cc(F)ccc2C(N)=S)c1C. The summed E-state index contributed by atoms with van der Waals surface area (Å²) in [7, 11) is 0. The number of hydrogen-bond acceptors (Lipinski definition) is 3. The summed E-state index contributed by atoms with van der Waals surface area (Å²) in [6.07, 6.45) is 0. The second-order valence-corrected chi connectivity index (χ2v) is 5.87. The summed E-state index contributed by atoms with van der Waals surface area (Å²) in [5.41, 5.74) is 7.73. The number of nitrogens with zero attached hydrogens (tertiary/aromatic N) is 1. The van der Waals surface area contributed by atoms with Crippen LogP contribution in [0, 0.1) is 19.7 Å². The summed E-state index contributed by atoms with van der Waals surface area (Å²) in [5, 5.41) is 0. The monoisotopic (exact) mass is 296 g/mol. The molecule has 100 valence electrons. The minimum atomic E-state index is -0.368. The number of thiazole rings is 1. The van der Waals surface area contributed by atoms with Crippen LogP contribution in [0.25, 0.3) is 0 Å². The van der Waals surface area contributed by atoms with Crippen molar-refractivity contribution in [1.82, 2.24) is 4.57 Å². The van der Waals surface area contributed by atoms with Gasteiger partial charge in [-0.25, -0.2) is 4.39 Å². The van der Waals surface area contributed by atoms with Gasteiger partial charge in [0.2, 0.25) is 0 Å².